The molecule has 3 nitrogen and oxygen atoms in total. The van der Waals surface area contributed by atoms with Crippen LogP contribution < -0.4 is 14.9 Å². The van der Waals surface area contributed by atoms with E-state index in [9.17, 15) is 12.9 Å². The maximum atomic E-state index is 13.0. The summed E-state index contributed by atoms with van der Waals surface area (Å²) in [5, 5.41) is 0. The Bertz CT molecular complexity index is 576. The molecule has 20 heavy (non-hydrogen) atoms. The van der Waals surface area contributed by atoms with E-state index >= 15 is 0 Å². The molecule has 7 heteroatoms. The molecule has 2 rings (SSSR count). The third-order valence-corrected chi connectivity index (χ3v) is 2.67. The molecule has 0 spiro atoms. The molecule has 0 fully saturated rings. The topological polar surface area (TPSA) is 31.4 Å². The summed E-state index contributed by atoms with van der Waals surface area (Å²) in [5.41, 5.74) is -0.246. The smallest absolute Gasteiger partial charge is 0.497 e. The molecular weight excluding hydrogens is 270 g/mol. The minimum absolute atomic E-state index is 0.0215. The van der Waals surface area contributed by atoms with Crippen LogP contribution in [0.25, 0.3) is 0 Å². The van der Waals surface area contributed by atoms with E-state index < -0.39 is 12.4 Å². The largest absolute Gasteiger partial charge is 0.513 e. The Hall–Kier alpha value is -2.18. The molecular formula is C13H12BF3NO2-. The highest BCUT2D eigenvalue weighted by Crippen LogP contribution is 2.22. The number of aromatic nitrogens is 1. The van der Waals surface area contributed by atoms with Crippen molar-refractivity contribution in [1.29, 1.82) is 0 Å². The van der Waals surface area contributed by atoms with Gasteiger partial charge in [0.2, 0.25) is 0 Å². The first kappa shape index (κ1) is 14.2. The Balaban J connectivity index is 2.23. The molecule has 0 radical (unpaired) electrons. The molecule has 0 N–H and O–H groups in total. The second-order valence-electron chi connectivity index (χ2n) is 4.09. The number of methoxy groups -OCH3 is 1. The SMILES string of the molecule is COc1ccc(OCc2ccccn2)c([B-](F)(F)F)c1. The summed E-state index contributed by atoms with van der Waals surface area (Å²) in [4.78, 5) is 3.99. The lowest BCUT2D eigenvalue weighted by molar-refractivity contribution is 0.301. The third-order valence-electron chi connectivity index (χ3n) is 2.67. The van der Waals surface area contributed by atoms with Gasteiger partial charge in [0.25, 0.3) is 0 Å². The normalized spacial score (nSPS) is 11.2. The molecule has 0 unspecified atom stereocenters. The summed E-state index contributed by atoms with van der Waals surface area (Å²) in [6, 6.07) is 8.77. The molecule has 0 amide bonds. The highest BCUT2D eigenvalue weighted by molar-refractivity contribution is 6.74. The number of nitrogens with zero attached hydrogens (tertiary/aromatic N) is 1. The molecule has 2 aromatic rings. The van der Waals surface area contributed by atoms with Crippen LogP contribution in [0.1, 0.15) is 5.69 Å². The molecule has 0 aliphatic carbocycles. The number of hydrogen-bond donors (Lipinski definition) is 0. The van der Waals surface area contributed by atoms with Crippen LogP contribution in [0.3, 0.4) is 0 Å². The van der Waals surface area contributed by atoms with Crippen LogP contribution in [-0.4, -0.2) is 19.1 Å². The first-order chi connectivity index (χ1) is 9.50. The fraction of sp³-hybridized carbons (Fsp3) is 0.154. The van der Waals surface area contributed by atoms with Crippen molar-refractivity contribution in [3.05, 3.63) is 48.3 Å². The maximum absolute atomic E-state index is 13.0. The van der Waals surface area contributed by atoms with E-state index in [1.54, 1.807) is 24.4 Å². The summed E-state index contributed by atoms with van der Waals surface area (Å²) in [6.07, 6.45) is 1.56. The fourth-order valence-electron chi connectivity index (χ4n) is 1.68. The lowest BCUT2D eigenvalue weighted by atomic mass is 9.79. The number of benzene rings is 1. The highest BCUT2D eigenvalue weighted by Gasteiger charge is 2.30. The lowest BCUT2D eigenvalue weighted by Gasteiger charge is -2.20. The fourth-order valence-corrected chi connectivity index (χ4v) is 1.68. The zero-order chi connectivity index (χ0) is 14.6. The van der Waals surface area contributed by atoms with Crippen molar-refractivity contribution in [2.45, 2.75) is 6.61 Å². The molecule has 0 atom stereocenters. The molecule has 1 heterocycles. The van der Waals surface area contributed by atoms with E-state index in [-0.39, 0.29) is 18.1 Å². The molecule has 0 bridgehead atoms. The van der Waals surface area contributed by atoms with Crippen LogP contribution in [-0.2, 0) is 6.61 Å². The van der Waals surface area contributed by atoms with Crippen molar-refractivity contribution in [3.8, 4) is 11.5 Å². The minimum Gasteiger partial charge on any atom is -0.497 e. The van der Waals surface area contributed by atoms with Gasteiger partial charge >= 0.3 is 6.98 Å². The van der Waals surface area contributed by atoms with E-state index in [1.165, 1.54) is 19.2 Å². The molecule has 106 valence electrons. The Labute approximate surface area is 114 Å². The van der Waals surface area contributed by atoms with Crippen LogP contribution in [0.15, 0.2) is 42.6 Å². The second kappa shape index (κ2) is 5.86. The van der Waals surface area contributed by atoms with Crippen LogP contribution >= 0.6 is 0 Å². The Morgan fingerprint density at radius 3 is 2.55 bits per heavy atom. The van der Waals surface area contributed by atoms with Gasteiger partial charge in [0.05, 0.1) is 18.6 Å². The van der Waals surface area contributed by atoms with E-state index in [4.69, 9.17) is 9.47 Å². The van der Waals surface area contributed by atoms with Crippen molar-refractivity contribution >= 4 is 12.4 Å². The number of rotatable bonds is 5. The van der Waals surface area contributed by atoms with Crippen molar-refractivity contribution in [3.63, 3.8) is 0 Å². The minimum atomic E-state index is -5.17. The van der Waals surface area contributed by atoms with Crippen molar-refractivity contribution in [1.82, 2.24) is 4.98 Å². The molecule has 0 aliphatic heterocycles. The zero-order valence-corrected chi connectivity index (χ0v) is 10.7. The monoisotopic (exact) mass is 282 g/mol. The maximum Gasteiger partial charge on any atom is 0.513 e. The van der Waals surface area contributed by atoms with Crippen LogP contribution in [0.2, 0.25) is 0 Å². The van der Waals surface area contributed by atoms with Gasteiger partial charge in [-0.15, -0.1) is 0 Å². The van der Waals surface area contributed by atoms with E-state index in [0.29, 0.717) is 5.69 Å². The van der Waals surface area contributed by atoms with Crippen molar-refractivity contribution in [2.24, 2.45) is 0 Å². The Morgan fingerprint density at radius 1 is 1.15 bits per heavy atom. The molecule has 1 aromatic carbocycles. The van der Waals surface area contributed by atoms with Crippen LogP contribution in [0, 0.1) is 0 Å². The number of ether oxygens (including phenoxy) is 2. The molecule has 0 saturated heterocycles. The average Bonchev–Trinajstić information content (AvgIpc) is 2.45. The molecule has 0 saturated carbocycles. The standard InChI is InChI=1S/C13H12BF3NO2/c1-19-11-5-6-13(12(8-11)14(15,16)17)20-9-10-4-2-3-7-18-10/h2-8H,9H2,1H3/q-1. The summed E-state index contributed by atoms with van der Waals surface area (Å²) in [6.45, 7) is -5.19. The first-order valence-corrected chi connectivity index (χ1v) is 5.91. The summed E-state index contributed by atoms with van der Waals surface area (Å²) in [5.74, 6) is -0.0756. The van der Waals surface area contributed by atoms with Gasteiger partial charge in [-0.25, -0.2) is 0 Å². The van der Waals surface area contributed by atoms with Gasteiger partial charge in [0.1, 0.15) is 12.4 Å². The van der Waals surface area contributed by atoms with E-state index in [0.717, 1.165) is 6.07 Å². The van der Waals surface area contributed by atoms with E-state index in [1.807, 2.05) is 0 Å². The van der Waals surface area contributed by atoms with Gasteiger partial charge in [0, 0.05) is 6.20 Å². The highest BCUT2D eigenvalue weighted by atomic mass is 19.4. The third kappa shape index (κ3) is 3.43. The van der Waals surface area contributed by atoms with Crippen molar-refractivity contribution in [2.75, 3.05) is 7.11 Å². The average molecular weight is 282 g/mol. The summed E-state index contributed by atoms with van der Waals surface area (Å²) < 4.78 is 49.0. The molecule has 0 aliphatic rings. The first-order valence-electron chi connectivity index (χ1n) is 5.91. The zero-order valence-electron chi connectivity index (χ0n) is 10.7. The number of hydrogen-bond acceptors (Lipinski definition) is 3. The van der Waals surface area contributed by atoms with Crippen LogP contribution in [0.4, 0.5) is 12.9 Å². The van der Waals surface area contributed by atoms with Gasteiger partial charge in [0.15, 0.2) is 0 Å². The lowest BCUT2D eigenvalue weighted by Crippen LogP contribution is -2.35. The van der Waals surface area contributed by atoms with Crippen LogP contribution in [0.5, 0.6) is 11.5 Å². The summed E-state index contributed by atoms with van der Waals surface area (Å²) >= 11 is 0. The predicted molar refractivity (Wildman–Crippen MR) is 70.3 cm³/mol. The summed E-state index contributed by atoms with van der Waals surface area (Å²) in [7, 11) is 1.32. The Kier molecular flexibility index (Phi) is 4.17. The second-order valence-corrected chi connectivity index (χ2v) is 4.09. The quantitative estimate of drug-likeness (QED) is 0.790. The van der Waals surface area contributed by atoms with E-state index in [2.05, 4.69) is 4.98 Å². The van der Waals surface area contributed by atoms with Gasteiger partial charge in [-0.1, -0.05) is 11.5 Å². The number of halogens is 3. The predicted octanol–water partition coefficient (Wildman–Crippen LogP) is 2.72. The van der Waals surface area contributed by atoms with Gasteiger partial charge in [-0.2, -0.15) is 0 Å². The van der Waals surface area contributed by atoms with Gasteiger partial charge < -0.3 is 22.4 Å². The van der Waals surface area contributed by atoms with Crippen molar-refractivity contribution < 1.29 is 22.4 Å². The molecule has 1 aromatic heterocycles. The van der Waals surface area contributed by atoms with Gasteiger partial charge in [-0.05, 0) is 30.3 Å². The van der Waals surface area contributed by atoms with Gasteiger partial charge in [-0.3, -0.25) is 4.98 Å². The Morgan fingerprint density at radius 2 is 1.95 bits per heavy atom. The number of pyridine rings is 1.